The molecule has 2 rings (SSSR count). The van der Waals surface area contributed by atoms with Crippen molar-refractivity contribution in [3.8, 4) is 0 Å². The number of nitrogens with zero attached hydrogens (tertiary/aromatic N) is 4. The lowest BCUT2D eigenvalue weighted by Gasteiger charge is -2.21. The van der Waals surface area contributed by atoms with Gasteiger partial charge in [-0.15, -0.1) is 0 Å². The number of rotatable bonds is 2. The molecule has 0 spiro atoms. The van der Waals surface area contributed by atoms with Crippen molar-refractivity contribution in [3.05, 3.63) is 18.1 Å². The van der Waals surface area contributed by atoms with Gasteiger partial charge in [0.1, 0.15) is 5.82 Å². The zero-order valence-corrected chi connectivity index (χ0v) is 9.83. The summed E-state index contributed by atoms with van der Waals surface area (Å²) in [6.45, 7) is 3.76. The lowest BCUT2D eigenvalue weighted by molar-refractivity contribution is 0.0690. The number of carbonyl (C=O) groups is 1. The van der Waals surface area contributed by atoms with E-state index in [1.807, 2.05) is 0 Å². The number of hydrogen-bond acceptors (Lipinski definition) is 5. The van der Waals surface area contributed by atoms with Gasteiger partial charge in [0, 0.05) is 19.6 Å². The van der Waals surface area contributed by atoms with Gasteiger partial charge in [0.05, 0.1) is 12.4 Å². The van der Waals surface area contributed by atoms with E-state index in [0.717, 1.165) is 32.6 Å². The van der Waals surface area contributed by atoms with Crippen LogP contribution in [0.4, 0.5) is 5.82 Å². The van der Waals surface area contributed by atoms with Crippen molar-refractivity contribution in [2.24, 2.45) is 0 Å². The lowest BCUT2D eigenvalue weighted by Crippen LogP contribution is -2.29. The van der Waals surface area contributed by atoms with Crippen LogP contribution < -0.4 is 4.90 Å². The van der Waals surface area contributed by atoms with E-state index in [1.54, 1.807) is 6.20 Å². The van der Waals surface area contributed by atoms with Gasteiger partial charge in [-0.2, -0.15) is 0 Å². The van der Waals surface area contributed by atoms with Gasteiger partial charge in [-0.3, -0.25) is 4.98 Å². The SMILES string of the molecule is CN1CCCN(c2cncc(C(=O)O)n2)CC1. The maximum atomic E-state index is 10.8. The van der Waals surface area contributed by atoms with Gasteiger partial charge in [0.25, 0.3) is 0 Å². The summed E-state index contributed by atoms with van der Waals surface area (Å²) in [6.07, 6.45) is 3.95. The molecule has 1 saturated heterocycles. The first kappa shape index (κ1) is 11.8. The average Bonchev–Trinajstić information content (AvgIpc) is 2.54. The highest BCUT2D eigenvalue weighted by molar-refractivity contribution is 5.85. The Bertz CT molecular complexity index is 410. The van der Waals surface area contributed by atoms with Crippen LogP contribution in [0, 0.1) is 0 Å². The molecule has 1 fully saturated rings. The zero-order valence-electron chi connectivity index (χ0n) is 9.83. The quantitative estimate of drug-likeness (QED) is 0.797. The van der Waals surface area contributed by atoms with Crippen LogP contribution in [-0.4, -0.2) is 59.2 Å². The topological polar surface area (TPSA) is 69.6 Å². The minimum absolute atomic E-state index is 0.0000940. The van der Waals surface area contributed by atoms with Gasteiger partial charge in [-0.25, -0.2) is 9.78 Å². The van der Waals surface area contributed by atoms with E-state index in [4.69, 9.17) is 5.11 Å². The summed E-state index contributed by atoms with van der Waals surface area (Å²) in [5, 5.41) is 8.88. The maximum Gasteiger partial charge on any atom is 0.356 e. The molecule has 2 heterocycles. The lowest BCUT2D eigenvalue weighted by atomic mass is 10.4. The molecular weight excluding hydrogens is 220 g/mol. The summed E-state index contributed by atoms with van der Waals surface area (Å²) in [4.78, 5) is 23.2. The monoisotopic (exact) mass is 236 g/mol. The number of hydrogen-bond donors (Lipinski definition) is 1. The molecule has 6 heteroatoms. The van der Waals surface area contributed by atoms with Crippen LogP contribution in [0.2, 0.25) is 0 Å². The largest absolute Gasteiger partial charge is 0.476 e. The molecule has 0 amide bonds. The number of likely N-dealkylation sites (N-methyl/N-ethyl adjacent to an activating group) is 1. The molecular formula is C11H16N4O2. The Morgan fingerprint density at radius 2 is 2.12 bits per heavy atom. The van der Waals surface area contributed by atoms with E-state index >= 15 is 0 Å². The van der Waals surface area contributed by atoms with Crippen molar-refractivity contribution in [1.82, 2.24) is 14.9 Å². The van der Waals surface area contributed by atoms with Crippen molar-refractivity contribution in [2.75, 3.05) is 38.1 Å². The third kappa shape index (κ3) is 2.91. The molecule has 1 aliphatic heterocycles. The molecule has 0 unspecified atom stereocenters. The number of carboxylic acids is 1. The molecule has 17 heavy (non-hydrogen) atoms. The standard InChI is InChI=1S/C11H16N4O2/c1-14-3-2-4-15(6-5-14)10-8-12-7-9(13-10)11(16)17/h7-8H,2-6H2,1H3,(H,16,17). The van der Waals surface area contributed by atoms with Gasteiger partial charge in [-0.1, -0.05) is 0 Å². The maximum absolute atomic E-state index is 10.8. The first-order chi connectivity index (χ1) is 8.16. The van der Waals surface area contributed by atoms with E-state index in [9.17, 15) is 4.79 Å². The minimum atomic E-state index is -1.04. The molecule has 0 atom stereocenters. The average molecular weight is 236 g/mol. The molecule has 92 valence electrons. The summed E-state index contributed by atoms with van der Waals surface area (Å²) in [5.41, 5.74) is 0.0000940. The highest BCUT2D eigenvalue weighted by atomic mass is 16.4. The van der Waals surface area contributed by atoms with E-state index in [1.165, 1.54) is 6.20 Å². The van der Waals surface area contributed by atoms with Crippen LogP contribution in [0.5, 0.6) is 0 Å². The fourth-order valence-corrected chi connectivity index (χ4v) is 1.89. The van der Waals surface area contributed by atoms with Gasteiger partial charge < -0.3 is 14.9 Å². The van der Waals surface area contributed by atoms with Crippen LogP contribution in [0.25, 0.3) is 0 Å². The highest BCUT2D eigenvalue weighted by Gasteiger charge is 2.15. The Hall–Kier alpha value is -1.69. The van der Waals surface area contributed by atoms with E-state index in [-0.39, 0.29) is 5.69 Å². The molecule has 0 aromatic carbocycles. The van der Waals surface area contributed by atoms with E-state index in [2.05, 4.69) is 26.8 Å². The molecule has 6 nitrogen and oxygen atoms in total. The van der Waals surface area contributed by atoms with Crippen LogP contribution in [-0.2, 0) is 0 Å². The van der Waals surface area contributed by atoms with Crippen molar-refractivity contribution in [1.29, 1.82) is 0 Å². The van der Waals surface area contributed by atoms with Gasteiger partial charge in [0.15, 0.2) is 5.69 Å². The van der Waals surface area contributed by atoms with Crippen molar-refractivity contribution in [2.45, 2.75) is 6.42 Å². The smallest absolute Gasteiger partial charge is 0.356 e. The Morgan fingerprint density at radius 3 is 2.88 bits per heavy atom. The molecule has 0 aliphatic carbocycles. The first-order valence-electron chi connectivity index (χ1n) is 5.65. The molecule has 1 N–H and O–H groups in total. The second-order valence-corrected chi connectivity index (χ2v) is 4.21. The molecule has 1 aromatic heterocycles. The Balaban J connectivity index is 2.15. The summed E-state index contributed by atoms with van der Waals surface area (Å²) in [6, 6.07) is 0. The van der Waals surface area contributed by atoms with Crippen molar-refractivity contribution >= 4 is 11.8 Å². The first-order valence-corrected chi connectivity index (χ1v) is 5.65. The Morgan fingerprint density at radius 1 is 1.29 bits per heavy atom. The predicted octanol–water partition coefficient (Wildman–Crippen LogP) is 0.317. The third-order valence-electron chi connectivity index (χ3n) is 2.88. The second kappa shape index (κ2) is 5.09. The van der Waals surface area contributed by atoms with Gasteiger partial charge in [0.2, 0.25) is 0 Å². The van der Waals surface area contributed by atoms with Gasteiger partial charge in [-0.05, 0) is 20.0 Å². The summed E-state index contributed by atoms with van der Waals surface area (Å²) < 4.78 is 0. The number of anilines is 1. The van der Waals surface area contributed by atoms with Crippen LogP contribution in [0.3, 0.4) is 0 Å². The fourth-order valence-electron chi connectivity index (χ4n) is 1.89. The number of aromatic carboxylic acids is 1. The van der Waals surface area contributed by atoms with Gasteiger partial charge >= 0.3 is 5.97 Å². The van der Waals surface area contributed by atoms with E-state index in [0.29, 0.717) is 5.82 Å². The molecule has 0 bridgehead atoms. The normalized spacial score (nSPS) is 17.8. The Kier molecular flexibility index (Phi) is 3.53. The molecule has 0 saturated carbocycles. The van der Waals surface area contributed by atoms with Crippen molar-refractivity contribution < 1.29 is 9.90 Å². The van der Waals surface area contributed by atoms with Crippen molar-refractivity contribution in [3.63, 3.8) is 0 Å². The summed E-state index contributed by atoms with van der Waals surface area (Å²) in [7, 11) is 2.09. The third-order valence-corrected chi connectivity index (χ3v) is 2.88. The molecule has 1 aromatic rings. The van der Waals surface area contributed by atoms with Crippen LogP contribution >= 0.6 is 0 Å². The summed E-state index contributed by atoms with van der Waals surface area (Å²) in [5.74, 6) is -0.383. The van der Waals surface area contributed by atoms with Crippen LogP contribution in [0.15, 0.2) is 12.4 Å². The highest BCUT2D eigenvalue weighted by Crippen LogP contribution is 2.12. The number of aromatic nitrogens is 2. The minimum Gasteiger partial charge on any atom is -0.476 e. The number of carboxylic acid groups (broad SMARTS) is 1. The summed E-state index contributed by atoms with van der Waals surface area (Å²) >= 11 is 0. The Labute approximate surface area is 99.9 Å². The predicted molar refractivity (Wildman–Crippen MR) is 63.3 cm³/mol. The second-order valence-electron chi connectivity index (χ2n) is 4.21. The molecule has 1 aliphatic rings. The fraction of sp³-hybridized carbons (Fsp3) is 0.545. The van der Waals surface area contributed by atoms with Crippen LogP contribution in [0.1, 0.15) is 16.9 Å². The zero-order chi connectivity index (χ0) is 12.3. The molecule has 0 radical (unpaired) electrons. The van der Waals surface area contributed by atoms with E-state index < -0.39 is 5.97 Å².